The molecule has 8 aromatic rings. The number of allylic oxidation sites excluding steroid dienone is 6. The van der Waals surface area contributed by atoms with Gasteiger partial charge >= 0.3 is 0 Å². The summed E-state index contributed by atoms with van der Waals surface area (Å²) in [6.45, 7) is 0. The summed E-state index contributed by atoms with van der Waals surface area (Å²) in [6, 6.07) is 42.6. The molecule has 0 amide bonds. The van der Waals surface area contributed by atoms with Crippen LogP contribution in [-0.2, 0) is 0 Å². The zero-order valence-corrected chi connectivity index (χ0v) is 26.9. The van der Waals surface area contributed by atoms with E-state index in [1.165, 1.54) is 38.3 Å². The lowest BCUT2D eigenvalue weighted by Gasteiger charge is -2.20. The molecule has 2 aliphatic carbocycles. The highest BCUT2D eigenvalue weighted by Gasteiger charge is 2.20. The molecule has 0 N–H and O–H groups in total. The van der Waals surface area contributed by atoms with Crippen LogP contribution in [0.4, 0.5) is 0 Å². The molecule has 49 heavy (non-hydrogen) atoms. The molecule has 4 heteroatoms. The molecular weight excluding hydrogens is 599 g/mol. The molecule has 0 spiro atoms. The molecule has 0 saturated heterocycles. The van der Waals surface area contributed by atoms with Gasteiger partial charge in [-0.1, -0.05) is 115 Å². The highest BCUT2D eigenvalue weighted by Crippen LogP contribution is 2.39. The van der Waals surface area contributed by atoms with Crippen LogP contribution < -0.4 is 0 Å². The normalized spacial score (nSPS) is 14.6. The van der Waals surface area contributed by atoms with Gasteiger partial charge in [0.2, 0.25) is 0 Å². The molecule has 0 bridgehead atoms. The second-order valence-corrected chi connectivity index (χ2v) is 13.0. The van der Waals surface area contributed by atoms with E-state index >= 15 is 0 Å². The maximum absolute atomic E-state index is 6.22. The Morgan fingerprint density at radius 1 is 0.490 bits per heavy atom. The molecule has 0 radical (unpaired) electrons. The number of rotatable bonds is 4. The molecule has 0 aliphatic heterocycles. The van der Waals surface area contributed by atoms with Crippen molar-refractivity contribution in [2.45, 2.75) is 25.7 Å². The fourth-order valence-corrected chi connectivity index (χ4v) is 7.63. The van der Waals surface area contributed by atoms with Crippen LogP contribution in [0.25, 0.3) is 83.0 Å². The lowest BCUT2D eigenvalue weighted by atomic mass is 9.86. The second-order valence-electron chi connectivity index (χ2n) is 13.0. The average Bonchev–Trinajstić information content (AvgIpc) is 3.56. The van der Waals surface area contributed by atoms with Gasteiger partial charge in [-0.2, -0.15) is 0 Å². The van der Waals surface area contributed by atoms with Gasteiger partial charge in [-0.05, 0) is 99.3 Å². The lowest BCUT2D eigenvalue weighted by molar-refractivity contribution is 0.669. The maximum Gasteiger partial charge on any atom is 0.164 e. The monoisotopic (exact) mass is 629 g/mol. The summed E-state index contributed by atoms with van der Waals surface area (Å²) in [6.07, 6.45) is 11.0. The van der Waals surface area contributed by atoms with Crippen LogP contribution >= 0.6 is 0 Å². The van der Waals surface area contributed by atoms with E-state index in [1.807, 2.05) is 18.2 Å². The maximum atomic E-state index is 6.22. The largest absolute Gasteiger partial charge is 0.456 e. The van der Waals surface area contributed by atoms with Gasteiger partial charge in [-0.3, -0.25) is 0 Å². The Hall–Kier alpha value is -6.13. The van der Waals surface area contributed by atoms with Crippen LogP contribution in [0.15, 0.2) is 155 Å². The van der Waals surface area contributed by atoms with Gasteiger partial charge in [0.1, 0.15) is 11.2 Å². The third-order valence-corrected chi connectivity index (χ3v) is 10.1. The Morgan fingerprint density at radius 3 is 2.12 bits per heavy atom. The molecule has 10 rings (SSSR count). The van der Waals surface area contributed by atoms with Crippen molar-refractivity contribution in [3.63, 3.8) is 0 Å². The fraction of sp³-hybridized carbons (Fsp3) is 0.0889. The minimum absolute atomic E-state index is 0.674. The van der Waals surface area contributed by atoms with E-state index in [-0.39, 0.29) is 0 Å². The summed E-state index contributed by atoms with van der Waals surface area (Å²) < 4.78 is 6.22. The Morgan fingerprint density at radius 2 is 1.20 bits per heavy atom. The molecule has 0 unspecified atom stereocenters. The Labute approximate surface area is 283 Å². The highest BCUT2D eigenvalue weighted by molar-refractivity contribution is 6.12. The number of fused-ring (bicyclic) bond motifs is 6. The average molecular weight is 630 g/mol. The number of benzene rings is 6. The number of hydrogen-bond donors (Lipinski definition) is 0. The minimum atomic E-state index is 0.674. The van der Waals surface area contributed by atoms with Gasteiger partial charge in [0.25, 0.3) is 0 Å². The summed E-state index contributed by atoms with van der Waals surface area (Å²) in [5, 5.41) is 7.08. The third kappa shape index (κ3) is 4.79. The lowest BCUT2D eigenvalue weighted by Crippen LogP contribution is -2.07. The molecule has 232 valence electrons. The van der Waals surface area contributed by atoms with Crippen molar-refractivity contribution in [3.8, 4) is 33.9 Å². The van der Waals surface area contributed by atoms with Gasteiger partial charge in [0.15, 0.2) is 17.5 Å². The van der Waals surface area contributed by atoms with Crippen molar-refractivity contribution >= 4 is 49.1 Å². The van der Waals surface area contributed by atoms with Gasteiger partial charge in [0, 0.05) is 21.9 Å². The summed E-state index contributed by atoms with van der Waals surface area (Å²) in [5.41, 5.74) is 9.96. The number of aromatic nitrogens is 3. The van der Waals surface area contributed by atoms with Crippen molar-refractivity contribution in [2.75, 3.05) is 0 Å². The summed E-state index contributed by atoms with van der Waals surface area (Å²) in [5.74, 6) is 2.12. The Balaban J connectivity index is 1.16. The molecular formula is C45H31N3O. The van der Waals surface area contributed by atoms with Gasteiger partial charge < -0.3 is 4.42 Å². The predicted molar refractivity (Wildman–Crippen MR) is 201 cm³/mol. The van der Waals surface area contributed by atoms with E-state index in [2.05, 4.69) is 121 Å². The topological polar surface area (TPSA) is 51.8 Å². The van der Waals surface area contributed by atoms with Crippen LogP contribution in [-0.4, -0.2) is 15.0 Å². The molecule has 6 aromatic carbocycles. The Bertz CT molecular complexity index is 2730. The van der Waals surface area contributed by atoms with E-state index in [1.54, 1.807) is 0 Å². The molecule has 4 nitrogen and oxygen atoms in total. The quantitative estimate of drug-likeness (QED) is 0.182. The standard InChI is InChI=1S/C45H31N3O/c1-2-11-31-25-34(23-19-28(31)9-1)44-46-43(47-45(48-44)35-24-22-30-21-20-29-10-3-4-14-36(29)39(30)27-35)33-13-7-12-32(26-33)37-16-8-18-41-42(37)38-15-5-6-17-40(38)49-41/h1,3-10,12-18,20-22,24-27H,2,11,19,23H2. The molecule has 0 saturated carbocycles. The molecule has 2 heterocycles. The summed E-state index contributed by atoms with van der Waals surface area (Å²) >= 11 is 0. The second kappa shape index (κ2) is 11.2. The van der Waals surface area contributed by atoms with Gasteiger partial charge in [-0.25, -0.2) is 15.0 Å². The highest BCUT2D eigenvalue weighted by atomic mass is 16.3. The van der Waals surface area contributed by atoms with Crippen molar-refractivity contribution < 1.29 is 4.42 Å². The van der Waals surface area contributed by atoms with Gasteiger partial charge in [0.05, 0.1) is 0 Å². The van der Waals surface area contributed by atoms with Crippen LogP contribution in [0, 0.1) is 0 Å². The van der Waals surface area contributed by atoms with Gasteiger partial charge in [-0.15, -0.1) is 0 Å². The van der Waals surface area contributed by atoms with Crippen LogP contribution in [0.1, 0.15) is 31.5 Å². The number of para-hydroxylation sites is 1. The number of furan rings is 1. The molecule has 2 aromatic heterocycles. The van der Waals surface area contributed by atoms with E-state index < -0.39 is 0 Å². The van der Waals surface area contributed by atoms with E-state index in [0.29, 0.717) is 11.6 Å². The Kier molecular flexibility index (Phi) is 6.41. The van der Waals surface area contributed by atoms with E-state index in [0.717, 1.165) is 75.7 Å². The minimum Gasteiger partial charge on any atom is -0.456 e. The van der Waals surface area contributed by atoms with Crippen LogP contribution in [0.5, 0.6) is 0 Å². The fourth-order valence-electron chi connectivity index (χ4n) is 7.63. The van der Waals surface area contributed by atoms with Crippen molar-refractivity contribution in [3.05, 3.63) is 157 Å². The SMILES string of the molecule is C1=CC2=C(C=C(c3nc(-c4cccc(-c5cccc6oc7ccccc7c56)c4)nc(-c4ccc5ccc6ccccc6c5c4)n3)CC2)CC1. The first-order chi connectivity index (χ1) is 24.2. The van der Waals surface area contributed by atoms with E-state index in [4.69, 9.17) is 19.4 Å². The van der Waals surface area contributed by atoms with Crippen molar-refractivity contribution in [1.29, 1.82) is 0 Å². The molecule has 2 aliphatic rings. The summed E-state index contributed by atoms with van der Waals surface area (Å²) in [7, 11) is 0. The zero-order valence-electron chi connectivity index (χ0n) is 26.9. The van der Waals surface area contributed by atoms with Crippen molar-refractivity contribution in [2.24, 2.45) is 0 Å². The van der Waals surface area contributed by atoms with Crippen LogP contribution in [0.3, 0.4) is 0 Å². The first kappa shape index (κ1) is 27.9. The van der Waals surface area contributed by atoms with Crippen LogP contribution in [0.2, 0.25) is 0 Å². The smallest absolute Gasteiger partial charge is 0.164 e. The van der Waals surface area contributed by atoms with Crippen molar-refractivity contribution in [1.82, 2.24) is 15.0 Å². The molecule has 0 atom stereocenters. The molecule has 0 fully saturated rings. The first-order valence-electron chi connectivity index (χ1n) is 17.0. The zero-order chi connectivity index (χ0) is 32.3. The number of nitrogens with zero attached hydrogens (tertiary/aromatic N) is 3. The third-order valence-electron chi connectivity index (χ3n) is 10.1. The first-order valence-corrected chi connectivity index (χ1v) is 17.0. The number of hydrogen-bond acceptors (Lipinski definition) is 4. The van der Waals surface area contributed by atoms with E-state index in [9.17, 15) is 0 Å². The predicted octanol–water partition coefficient (Wildman–Crippen LogP) is 11.9. The summed E-state index contributed by atoms with van der Waals surface area (Å²) in [4.78, 5) is 15.6.